The van der Waals surface area contributed by atoms with Gasteiger partial charge in [-0.2, -0.15) is 21.0 Å². The Labute approximate surface area is 172 Å². The number of hydrogen-bond donors (Lipinski definition) is 7. The predicted molar refractivity (Wildman–Crippen MR) is 103 cm³/mol. The second kappa shape index (κ2) is 15.9. The van der Waals surface area contributed by atoms with Crippen LogP contribution in [0.3, 0.4) is 0 Å². The lowest BCUT2D eigenvalue weighted by Gasteiger charge is -2.19. The van der Waals surface area contributed by atoms with Crippen molar-refractivity contribution in [1.29, 1.82) is 0 Å². The van der Waals surface area contributed by atoms with E-state index >= 15 is 0 Å². The van der Waals surface area contributed by atoms with Crippen molar-refractivity contribution in [2.24, 2.45) is 5.73 Å². The highest BCUT2D eigenvalue weighted by molar-refractivity contribution is 7.80. The third kappa shape index (κ3) is 22.2. The molecule has 0 saturated carbocycles. The maximum absolute atomic E-state index is 11.9. The van der Waals surface area contributed by atoms with E-state index in [0.717, 1.165) is 0 Å². The molecule has 14 nitrogen and oxygen atoms in total. The predicted octanol–water partition coefficient (Wildman–Crippen LogP) is -2.82. The molecule has 0 saturated heterocycles. The summed E-state index contributed by atoms with van der Waals surface area (Å²) >= 11 is 3.96. The molecule has 29 heavy (non-hydrogen) atoms. The summed E-state index contributed by atoms with van der Waals surface area (Å²) in [6, 6.07) is -2.04. The van der Waals surface area contributed by atoms with E-state index in [2.05, 4.69) is 23.3 Å². The molecule has 0 aromatic heterocycles. The third-order valence-electron chi connectivity index (χ3n) is 2.60. The number of carboxylic acids is 1. The van der Waals surface area contributed by atoms with E-state index in [4.69, 9.17) is 33.1 Å². The second-order valence-corrected chi connectivity index (χ2v) is 6.75. The summed E-state index contributed by atoms with van der Waals surface area (Å²) in [6.07, 6.45) is -0.608. The number of amides is 2. The van der Waals surface area contributed by atoms with Crippen molar-refractivity contribution in [3.05, 3.63) is 0 Å². The number of aliphatic carboxylic acids is 1. The van der Waals surface area contributed by atoms with Crippen LogP contribution >= 0.6 is 12.6 Å². The van der Waals surface area contributed by atoms with Gasteiger partial charge in [0.25, 0.3) is 0 Å². The molecule has 0 unspecified atom stereocenters. The third-order valence-corrected chi connectivity index (χ3v) is 2.96. The maximum atomic E-state index is 11.9. The van der Waals surface area contributed by atoms with Gasteiger partial charge in [0.15, 0.2) is 0 Å². The van der Waals surface area contributed by atoms with Crippen molar-refractivity contribution >= 4 is 46.8 Å². The first kappa shape index (κ1) is 31.7. The Kier molecular flexibility index (Phi) is 17.4. The molecule has 2 amide bonds. The molecule has 0 aliphatic heterocycles. The molecule has 0 radical (unpaired) electrons. The average Bonchev–Trinajstić information content (AvgIpc) is 2.52. The fourth-order valence-corrected chi connectivity index (χ4v) is 1.73. The maximum Gasteiger partial charge on any atom is 0.394 e. The van der Waals surface area contributed by atoms with Crippen molar-refractivity contribution in [2.75, 3.05) is 12.3 Å². The topological polar surface area (TPSA) is 254 Å². The first-order valence-corrected chi connectivity index (χ1v) is 9.76. The minimum atomic E-state index is -4.67. The number of ether oxygens (including phenoxy) is 1. The Morgan fingerprint density at radius 1 is 1.14 bits per heavy atom. The van der Waals surface area contributed by atoms with E-state index in [0.29, 0.717) is 0 Å². The van der Waals surface area contributed by atoms with Crippen molar-refractivity contribution in [2.45, 2.75) is 44.9 Å². The van der Waals surface area contributed by atoms with Gasteiger partial charge in [0.05, 0.1) is 12.1 Å². The fourth-order valence-electron chi connectivity index (χ4n) is 1.47. The normalized spacial score (nSPS) is 12.4. The minimum Gasteiger partial charge on any atom is -0.481 e. The summed E-state index contributed by atoms with van der Waals surface area (Å²) in [5.74, 6) is -2.96. The molecule has 0 aliphatic carbocycles. The molecule has 0 rings (SSSR count). The van der Waals surface area contributed by atoms with Crippen molar-refractivity contribution < 1.29 is 52.0 Å². The Hall–Kier alpha value is -1.98. The zero-order valence-electron chi connectivity index (χ0n) is 15.7. The van der Waals surface area contributed by atoms with Crippen LogP contribution < -0.4 is 16.4 Å². The van der Waals surface area contributed by atoms with Gasteiger partial charge in [-0.3, -0.25) is 28.3 Å². The molecule has 2 atom stereocenters. The largest absolute Gasteiger partial charge is 0.481 e. The van der Waals surface area contributed by atoms with Crippen LogP contribution in [0.1, 0.15) is 26.7 Å². The number of hydrogen-bond acceptors (Lipinski definition) is 9. The van der Waals surface area contributed by atoms with Crippen LogP contribution in [0.15, 0.2) is 0 Å². The molecular formula is C13H27N3O11S2. The first-order valence-electron chi connectivity index (χ1n) is 7.73. The Balaban J connectivity index is -0.000000997. The lowest BCUT2D eigenvalue weighted by atomic mass is 10.1. The lowest BCUT2D eigenvalue weighted by molar-refractivity contribution is -0.147. The quantitative estimate of drug-likeness (QED) is 0.0983. The monoisotopic (exact) mass is 465 g/mol. The molecule has 0 fully saturated rings. The van der Waals surface area contributed by atoms with Gasteiger partial charge in [-0.1, -0.05) is 0 Å². The zero-order valence-corrected chi connectivity index (χ0v) is 17.4. The fraction of sp³-hybridized carbons (Fsp3) is 0.692. The van der Waals surface area contributed by atoms with Crippen LogP contribution in [0.25, 0.3) is 0 Å². The first-order chi connectivity index (χ1) is 12.7. The van der Waals surface area contributed by atoms with Crippen LogP contribution in [-0.2, 0) is 34.3 Å². The highest BCUT2D eigenvalue weighted by atomic mass is 32.3. The number of carbonyl (C=O) groups excluding carboxylic acids is 3. The van der Waals surface area contributed by atoms with Crippen LogP contribution in [0.5, 0.6) is 0 Å². The van der Waals surface area contributed by atoms with Gasteiger partial charge in [0.1, 0.15) is 12.6 Å². The van der Waals surface area contributed by atoms with E-state index in [1.54, 1.807) is 13.8 Å². The van der Waals surface area contributed by atoms with Gasteiger partial charge in [-0.25, -0.2) is 0 Å². The number of nitrogens with one attached hydrogen (secondary N) is 2. The summed E-state index contributed by atoms with van der Waals surface area (Å²) < 4.78 is 36.4. The van der Waals surface area contributed by atoms with E-state index in [-0.39, 0.29) is 36.7 Å². The summed E-state index contributed by atoms with van der Waals surface area (Å²) in [7, 11) is -4.67. The molecule has 0 heterocycles. The number of carbonyl (C=O) groups is 4. The number of thiol groups is 1. The number of carboxylic acid groups (broad SMARTS) is 1. The summed E-state index contributed by atoms with van der Waals surface area (Å²) in [6.45, 7) is 3.02. The van der Waals surface area contributed by atoms with Gasteiger partial charge in [0, 0.05) is 12.2 Å². The summed E-state index contributed by atoms with van der Waals surface area (Å²) in [5.41, 5.74) is 5.54. The van der Waals surface area contributed by atoms with E-state index in [1.165, 1.54) is 0 Å². The van der Waals surface area contributed by atoms with E-state index in [9.17, 15) is 19.2 Å². The molecule has 172 valence electrons. The molecule has 16 heteroatoms. The minimum absolute atomic E-state index is 0. The summed E-state index contributed by atoms with van der Waals surface area (Å²) in [4.78, 5) is 45.4. The zero-order chi connectivity index (χ0) is 22.5. The molecule has 0 spiro atoms. The lowest BCUT2D eigenvalue weighted by Crippen LogP contribution is -2.53. The molecule has 0 bridgehead atoms. The van der Waals surface area contributed by atoms with Crippen molar-refractivity contribution in [3.63, 3.8) is 0 Å². The highest BCUT2D eigenvalue weighted by Crippen LogP contribution is 1.97. The SMILES string of the molecule is CC(C)OC(=O)CNC(=O)[C@H](CS)NC(=O)[C@@H](N)CCC(=O)O.O.O=S(=O)(O)O. The molecule has 0 aromatic rings. The van der Waals surface area contributed by atoms with Gasteiger partial charge < -0.3 is 31.7 Å². The highest BCUT2D eigenvalue weighted by Gasteiger charge is 2.23. The average molecular weight is 466 g/mol. The van der Waals surface area contributed by atoms with Crippen LogP contribution in [0, 0.1) is 0 Å². The number of rotatable bonds is 10. The Bertz CT molecular complexity index is 632. The number of nitrogens with two attached hydrogens (primary N) is 1. The van der Waals surface area contributed by atoms with Gasteiger partial charge in [-0.15, -0.1) is 0 Å². The Morgan fingerprint density at radius 2 is 1.62 bits per heavy atom. The van der Waals surface area contributed by atoms with Crippen molar-refractivity contribution in [3.8, 4) is 0 Å². The van der Waals surface area contributed by atoms with E-state index in [1.807, 2.05) is 0 Å². The Morgan fingerprint density at radius 3 is 2.00 bits per heavy atom. The standard InChI is InChI=1S/C13H23N3O6S.H2O4S.H2O/c1-7(2)22-11(19)5-15-13(21)9(6-23)16-12(20)8(14)3-4-10(17)18;1-5(2,3)4;/h7-9,23H,3-6,14H2,1-2H3,(H,15,21)(H,16,20)(H,17,18);(H2,1,2,3,4);1H2/t8-,9-;;/m0../s1. The van der Waals surface area contributed by atoms with Crippen LogP contribution in [0.2, 0.25) is 0 Å². The molecule has 0 aliphatic rings. The van der Waals surface area contributed by atoms with Gasteiger partial charge >= 0.3 is 22.3 Å². The van der Waals surface area contributed by atoms with Crippen LogP contribution in [0.4, 0.5) is 0 Å². The van der Waals surface area contributed by atoms with E-state index < -0.39 is 46.2 Å². The molecule has 9 N–H and O–H groups in total. The number of esters is 1. The summed E-state index contributed by atoms with van der Waals surface area (Å²) in [5, 5.41) is 13.2. The van der Waals surface area contributed by atoms with Crippen molar-refractivity contribution in [1.82, 2.24) is 10.6 Å². The smallest absolute Gasteiger partial charge is 0.394 e. The van der Waals surface area contributed by atoms with Crippen LogP contribution in [-0.4, -0.2) is 82.3 Å². The molecule has 0 aromatic carbocycles. The van der Waals surface area contributed by atoms with Gasteiger partial charge in [0.2, 0.25) is 11.8 Å². The second-order valence-electron chi connectivity index (χ2n) is 5.49. The van der Waals surface area contributed by atoms with Gasteiger partial charge in [-0.05, 0) is 20.3 Å². The molecular weight excluding hydrogens is 438 g/mol.